The molecule has 23 heavy (non-hydrogen) atoms. The number of hydrogen-bond donors (Lipinski definition) is 0. The van der Waals surface area contributed by atoms with Crippen molar-refractivity contribution in [2.75, 3.05) is 13.7 Å². The zero-order chi connectivity index (χ0) is 17.8. The molecule has 0 aliphatic rings. The van der Waals surface area contributed by atoms with Crippen LogP contribution in [0.5, 0.6) is 5.75 Å². The second-order valence-corrected chi connectivity index (χ2v) is 4.75. The lowest BCUT2D eigenvalue weighted by Gasteiger charge is -2.14. The fourth-order valence-corrected chi connectivity index (χ4v) is 2.26. The van der Waals surface area contributed by atoms with Crippen LogP contribution in [0.1, 0.15) is 57.7 Å². The number of carbonyl (C=O) groups excluding carboxylic acids is 1. The summed E-state index contributed by atoms with van der Waals surface area (Å²) in [5, 5.41) is 0. The summed E-state index contributed by atoms with van der Waals surface area (Å²) in [6.45, 7) is 14.0. The minimum Gasteiger partial charge on any atom is -0.496 e. The molecule has 1 aromatic carbocycles. The molecule has 3 nitrogen and oxygen atoms in total. The van der Waals surface area contributed by atoms with Gasteiger partial charge in [0.15, 0.2) is 0 Å². The van der Waals surface area contributed by atoms with Crippen molar-refractivity contribution in [2.24, 2.45) is 0 Å². The van der Waals surface area contributed by atoms with Gasteiger partial charge in [-0.15, -0.1) is 0 Å². The van der Waals surface area contributed by atoms with Crippen molar-refractivity contribution in [3.8, 4) is 5.75 Å². The molecule has 0 saturated heterocycles. The first-order chi connectivity index (χ1) is 11.1. The second kappa shape index (κ2) is 11.5. The minimum atomic E-state index is -0.282. The lowest BCUT2D eigenvalue weighted by Crippen LogP contribution is -2.05. The molecule has 1 rings (SSSR count). The van der Waals surface area contributed by atoms with E-state index >= 15 is 0 Å². The van der Waals surface area contributed by atoms with Crippen LogP contribution in [-0.4, -0.2) is 19.7 Å². The van der Waals surface area contributed by atoms with Gasteiger partial charge in [0.2, 0.25) is 0 Å². The standard InChI is InChI=1S/C18H24O3.C2H6/c1-6-9-16-14(12-13(4)18(19)21-8-3)10-11-17(20-5)15(16)7-2;1-2/h7,10-12H,2,6,8-9H2,1,3-5H3;1-2H3/b13-12+;. The zero-order valence-electron chi connectivity index (χ0n) is 15.4. The Morgan fingerprint density at radius 3 is 2.39 bits per heavy atom. The summed E-state index contributed by atoms with van der Waals surface area (Å²) in [5.74, 6) is 0.523. The number of methoxy groups -OCH3 is 1. The summed E-state index contributed by atoms with van der Waals surface area (Å²) >= 11 is 0. The highest BCUT2D eigenvalue weighted by Gasteiger charge is 2.12. The zero-order valence-corrected chi connectivity index (χ0v) is 15.4. The molecule has 0 radical (unpaired) electrons. The van der Waals surface area contributed by atoms with Gasteiger partial charge >= 0.3 is 5.97 Å². The molecule has 0 spiro atoms. The summed E-state index contributed by atoms with van der Waals surface area (Å²) < 4.78 is 10.4. The molecular formula is C20H30O3. The third-order valence-electron chi connectivity index (χ3n) is 3.25. The Balaban J connectivity index is 0.00000232. The average molecular weight is 318 g/mol. The summed E-state index contributed by atoms with van der Waals surface area (Å²) in [6.07, 6.45) is 5.59. The highest BCUT2D eigenvalue weighted by molar-refractivity contribution is 5.93. The molecule has 1 aromatic rings. The number of hydrogen-bond acceptors (Lipinski definition) is 3. The van der Waals surface area contributed by atoms with Crippen molar-refractivity contribution in [1.29, 1.82) is 0 Å². The summed E-state index contributed by atoms with van der Waals surface area (Å²) in [6, 6.07) is 3.87. The number of ether oxygens (including phenoxy) is 2. The molecule has 0 saturated carbocycles. The number of benzene rings is 1. The van der Waals surface area contributed by atoms with Crippen molar-refractivity contribution in [3.63, 3.8) is 0 Å². The summed E-state index contributed by atoms with van der Waals surface area (Å²) in [7, 11) is 1.65. The number of esters is 1. The highest BCUT2D eigenvalue weighted by atomic mass is 16.5. The summed E-state index contributed by atoms with van der Waals surface area (Å²) in [4.78, 5) is 11.8. The average Bonchev–Trinajstić information content (AvgIpc) is 2.58. The second-order valence-electron chi connectivity index (χ2n) is 4.75. The maximum Gasteiger partial charge on any atom is 0.333 e. The molecule has 128 valence electrons. The first kappa shape index (κ1) is 21.0. The first-order valence-electron chi connectivity index (χ1n) is 8.26. The van der Waals surface area contributed by atoms with Gasteiger partial charge in [-0.1, -0.05) is 45.9 Å². The van der Waals surface area contributed by atoms with Crippen LogP contribution in [-0.2, 0) is 16.0 Å². The lowest BCUT2D eigenvalue weighted by molar-refractivity contribution is -0.138. The van der Waals surface area contributed by atoms with Gasteiger partial charge in [-0.3, -0.25) is 0 Å². The fraction of sp³-hybridized carbons (Fsp3) is 0.450. The normalized spacial score (nSPS) is 10.4. The summed E-state index contributed by atoms with van der Waals surface area (Å²) in [5.41, 5.74) is 3.74. The molecule has 0 unspecified atom stereocenters. The Morgan fingerprint density at radius 1 is 1.26 bits per heavy atom. The van der Waals surface area contributed by atoms with Crippen molar-refractivity contribution >= 4 is 18.1 Å². The van der Waals surface area contributed by atoms with Crippen LogP contribution >= 0.6 is 0 Å². The van der Waals surface area contributed by atoms with E-state index in [9.17, 15) is 4.79 Å². The van der Waals surface area contributed by atoms with E-state index in [4.69, 9.17) is 9.47 Å². The van der Waals surface area contributed by atoms with Crippen LogP contribution in [0, 0.1) is 0 Å². The first-order valence-corrected chi connectivity index (χ1v) is 8.26. The Kier molecular flexibility index (Phi) is 10.5. The van der Waals surface area contributed by atoms with Crippen LogP contribution in [0.4, 0.5) is 0 Å². The van der Waals surface area contributed by atoms with E-state index in [0.29, 0.717) is 12.2 Å². The Morgan fingerprint density at radius 2 is 1.91 bits per heavy atom. The van der Waals surface area contributed by atoms with Gasteiger partial charge in [0.05, 0.1) is 13.7 Å². The van der Waals surface area contributed by atoms with Gasteiger partial charge in [-0.2, -0.15) is 0 Å². The molecule has 0 aromatic heterocycles. The van der Waals surface area contributed by atoms with Gasteiger partial charge < -0.3 is 9.47 Å². The fourth-order valence-electron chi connectivity index (χ4n) is 2.26. The Hall–Kier alpha value is -2.03. The number of rotatable bonds is 7. The quantitative estimate of drug-likeness (QED) is 0.506. The van der Waals surface area contributed by atoms with Gasteiger partial charge in [0.1, 0.15) is 5.75 Å². The molecule has 0 N–H and O–H groups in total. The third-order valence-corrected chi connectivity index (χ3v) is 3.25. The van der Waals surface area contributed by atoms with E-state index < -0.39 is 0 Å². The predicted octanol–water partition coefficient (Wildman–Crippen LogP) is 5.28. The monoisotopic (exact) mass is 318 g/mol. The van der Waals surface area contributed by atoms with E-state index in [-0.39, 0.29) is 5.97 Å². The van der Waals surface area contributed by atoms with Crippen molar-refractivity contribution in [3.05, 3.63) is 41.0 Å². The topological polar surface area (TPSA) is 35.5 Å². The van der Waals surface area contributed by atoms with Gasteiger partial charge in [0.25, 0.3) is 0 Å². The minimum absolute atomic E-state index is 0.282. The maximum absolute atomic E-state index is 11.8. The molecule has 0 atom stereocenters. The van der Waals surface area contributed by atoms with E-state index in [1.54, 1.807) is 27.0 Å². The molecule has 0 aliphatic carbocycles. The van der Waals surface area contributed by atoms with Crippen molar-refractivity contribution in [1.82, 2.24) is 0 Å². The van der Waals surface area contributed by atoms with Crippen LogP contribution in [0.3, 0.4) is 0 Å². The third kappa shape index (κ3) is 5.93. The molecule has 0 heterocycles. The van der Waals surface area contributed by atoms with E-state index in [1.165, 1.54) is 0 Å². The largest absolute Gasteiger partial charge is 0.496 e. The predicted molar refractivity (Wildman–Crippen MR) is 98.7 cm³/mol. The van der Waals surface area contributed by atoms with Gasteiger partial charge in [-0.25, -0.2) is 4.79 Å². The molecule has 0 amide bonds. The van der Waals surface area contributed by atoms with Crippen molar-refractivity contribution < 1.29 is 14.3 Å². The van der Waals surface area contributed by atoms with Crippen LogP contribution < -0.4 is 4.74 Å². The molecule has 0 aliphatic heterocycles. The van der Waals surface area contributed by atoms with Gasteiger partial charge in [0, 0.05) is 11.1 Å². The smallest absolute Gasteiger partial charge is 0.333 e. The van der Waals surface area contributed by atoms with Crippen LogP contribution in [0.25, 0.3) is 12.2 Å². The number of carbonyl (C=O) groups is 1. The highest BCUT2D eigenvalue weighted by Crippen LogP contribution is 2.29. The van der Waals surface area contributed by atoms with E-state index in [0.717, 1.165) is 35.3 Å². The van der Waals surface area contributed by atoms with Gasteiger partial charge in [-0.05, 0) is 43.5 Å². The molecular weight excluding hydrogens is 288 g/mol. The SMILES string of the molecule is C=Cc1c(OC)ccc(/C=C(\C)C(=O)OCC)c1CCC.CC. The maximum atomic E-state index is 11.8. The van der Waals surface area contributed by atoms with Crippen LogP contribution in [0.2, 0.25) is 0 Å². The Labute approximate surface area is 141 Å². The van der Waals surface area contributed by atoms with Crippen molar-refractivity contribution in [2.45, 2.75) is 47.5 Å². The lowest BCUT2D eigenvalue weighted by atomic mass is 9.95. The van der Waals surface area contributed by atoms with Crippen LogP contribution in [0.15, 0.2) is 24.3 Å². The molecule has 0 fully saturated rings. The molecule has 3 heteroatoms. The van der Waals surface area contributed by atoms with E-state index in [2.05, 4.69) is 13.5 Å². The molecule has 0 bridgehead atoms. The Bertz CT molecular complexity index is 542. The van der Waals surface area contributed by atoms with E-state index in [1.807, 2.05) is 32.1 Å².